The molecule has 0 saturated heterocycles. The third-order valence-corrected chi connectivity index (χ3v) is 3.91. The van der Waals surface area contributed by atoms with E-state index in [1.54, 1.807) is 6.07 Å². The average molecular weight is 420 g/mol. The molecule has 0 heterocycles. The Bertz CT molecular complexity index is 628. The Morgan fingerprint density at radius 3 is 2.56 bits per heavy atom. The Balaban J connectivity index is 2.53. The highest BCUT2D eigenvalue weighted by Gasteiger charge is 2.12. The van der Waals surface area contributed by atoms with Gasteiger partial charge in [0.1, 0.15) is 24.7 Å². The number of ether oxygens (including phenoxy) is 2. The first-order valence-electron chi connectivity index (χ1n) is 9.16. The van der Waals surface area contributed by atoms with Crippen LogP contribution in [-0.2, 0) is 11.3 Å². The van der Waals surface area contributed by atoms with E-state index < -0.39 is 5.29 Å². The van der Waals surface area contributed by atoms with Gasteiger partial charge in [-0.2, -0.15) is 4.39 Å². The lowest BCUT2D eigenvalue weighted by molar-refractivity contribution is 0.138. The second-order valence-electron chi connectivity index (χ2n) is 6.23. The molecule has 4 nitrogen and oxygen atoms in total. The van der Waals surface area contributed by atoms with Gasteiger partial charge in [0.2, 0.25) is 0 Å². The molecule has 0 atom stereocenters. The van der Waals surface area contributed by atoms with E-state index in [4.69, 9.17) is 37.5 Å². The van der Waals surface area contributed by atoms with Gasteiger partial charge in [-0.05, 0) is 51.2 Å². The topological polar surface area (TPSA) is 40.0 Å². The second-order valence-corrected chi connectivity index (χ2v) is 7.00. The minimum atomic E-state index is -0.795. The number of oxime groups is 1. The molecule has 0 fully saturated rings. The predicted octanol–water partition coefficient (Wildman–Crippen LogP) is 6.68. The summed E-state index contributed by atoms with van der Waals surface area (Å²) in [6.45, 7) is 7.10. The largest absolute Gasteiger partial charge is 0.492 e. The normalized spacial score (nSPS) is 11.3. The number of unbranched alkanes of at least 4 members (excludes halogenated alkanes) is 2. The van der Waals surface area contributed by atoms with E-state index in [0.29, 0.717) is 29.7 Å². The maximum Gasteiger partial charge on any atom is 0.188 e. The molecular weight excluding hydrogens is 392 g/mol. The lowest BCUT2D eigenvalue weighted by Crippen LogP contribution is -2.03. The van der Waals surface area contributed by atoms with Crippen molar-refractivity contribution in [2.24, 2.45) is 5.16 Å². The highest BCUT2D eigenvalue weighted by molar-refractivity contribution is 6.32. The van der Waals surface area contributed by atoms with E-state index in [-0.39, 0.29) is 6.61 Å². The van der Waals surface area contributed by atoms with Crippen LogP contribution < -0.4 is 9.47 Å². The van der Waals surface area contributed by atoms with Crippen molar-refractivity contribution in [3.8, 4) is 11.5 Å². The van der Waals surface area contributed by atoms with E-state index in [1.807, 2.05) is 19.9 Å². The van der Waals surface area contributed by atoms with Gasteiger partial charge >= 0.3 is 0 Å². The molecule has 0 N–H and O–H groups in total. The molecule has 1 aromatic rings. The summed E-state index contributed by atoms with van der Waals surface area (Å²) in [6, 6.07) is 3.55. The first-order valence-corrected chi connectivity index (χ1v) is 9.92. The molecule has 1 aromatic carbocycles. The zero-order valence-electron chi connectivity index (χ0n) is 16.2. The monoisotopic (exact) mass is 419 g/mol. The molecule has 0 aliphatic carbocycles. The van der Waals surface area contributed by atoms with Crippen LogP contribution in [0.4, 0.5) is 4.39 Å². The van der Waals surface area contributed by atoms with Crippen molar-refractivity contribution in [1.29, 1.82) is 0 Å². The third-order valence-electron chi connectivity index (χ3n) is 3.47. The standard InChI is InChI=1S/C20H28Cl2FNO3/c1-4-8-16-13-17(25-12-9-19(22)23)14-18(21)20(16)26-10-6-5-7-11-27-24-15(2)3/h9,13-14H,4-8,10-12H2,1-3H3/b19-9-. The van der Waals surface area contributed by atoms with E-state index >= 15 is 0 Å². The summed E-state index contributed by atoms with van der Waals surface area (Å²) in [5, 5.41) is 3.59. The van der Waals surface area contributed by atoms with Crippen molar-refractivity contribution in [2.75, 3.05) is 19.8 Å². The van der Waals surface area contributed by atoms with Gasteiger partial charge in [-0.3, -0.25) is 0 Å². The van der Waals surface area contributed by atoms with E-state index in [9.17, 15) is 4.39 Å². The number of halogens is 3. The van der Waals surface area contributed by atoms with Crippen LogP contribution in [0.5, 0.6) is 11.5 Å². The minimum absolute atomic E-state index is 0.0428. The van der Waals surface area contributed by atoms with Crippen molar-refractivity contribution >= 4 is 28.9 Å². The van der Waals surface area contributed by atoms with Gasteiger partial charge in [0.05, 0.1) is 17.3 Å². The Labute approximate surface area is 171 Å². The number of hydrogen-bond acceptors (Lipinski definition) is 4. The van der Waals surface area contributed by atoms with Gasteiger partial charge in [0.15, 0.2) is 5.29 Å². The predicted molar refractivity (Wildman–Crippen MR) is 110 cm³/mol. The number of nitrogens with zero attached hydrogens (tertiary/aromatic N) is 1. The molecule has 0 bridgehead atoms. The summed E-state index contributed by atoms with van der Waals surface area (Å²) in [5.41, 5.74) is 1.89. The summed E-state index contributed by atoms with van der Waals surface area (Å²) in [6.07, 6.45) is 5.72. The SMILES string of the molecule is CCCc1cc(OC/C=C(\F)Cl)cc(Cl)c1OCCCCCON=C(C)C. The third kappa shape index (κ3) is 10.5. The highest BCUT2D eigenvalue weighted by Crippen LogP contribution is 2.34. The molecule has 0 aliphatic heterocycles. The fourth-order valence-electron chi connectivity index (χ4n) is 2.32. The second kappa shape index (κ2) is 13.7. The first-order chi connectivity index (χ1) is 12.9. The molecule has 27 heavy (non-hydrogen) atoms. The molecule has 0 spiro atoms. The van der Waals surface area contributed by atoms with E-state index in [2.05, 4.69) is 12.1 Å². The Morgan fingerprint density at radius 1 is 1.15 bits per heavy atom. The van der Waals surface area contributed by atoms with Gasteiger partial charge in [-0.15, -0.1) is 0 Å². The van der Waals surface area contributed by atoms with Gasteiger partial charge in [0, 0.05) is 12.1 Å². The van der Waals surface area contributed by atoms with Crippen LogP contribution in [-0.4, -0.2) is 25.5 Å². The number of rotatable bonds is 13. The number of aryl methyl sites for hydroxylation is 1. The van der Waals surface area contributed by atoms with Gasteiger partial charge in [-0.1, -0.05) is 41.7 Å². The molecule has 0 unspecified atom stereocenters. The fourth-order valence-corrected chi connectivity index (χ4v) is 2.66. The van der Waals surface area contributed by atoms with Crippen LogP contribution in [0.3, 0.4) is 0 Å². The molecule has 0 saturated carbocycles. The van der Waals surface area contributed by atoms with Crippen LogP contribution >= 0.6 is 23.2 Å². The lowest BCUT2D eigenvalue weighted by atomic mass is 10.1. The van der Waals surface area contributed by atoms with Crippen molar-refractivity contribution in [3.63, 3.8) is 0 Å². The van der Waals surface area contributed by atoms with Gasteiger partial charge in [0.25, 0.3) is 0 Å². The Kier molecular flexibility index (Phi) is 11.9. The zero-order valence-corrected chi connectivity index (χ0v) is 17.7. The van der Waals surface area contributed by atoms with Gasteiger partial charge in [-0.25, -0.2) is 0 Å². The van der Waals surface area contributed by atoms with Crippen LogP contribution in [0.25, 0.3) is 0 Å². The summed E-state index contributed by atoms with van der Waals surface area (Å²) in [5.74, 6) is 1.25. The van der Waals surface area contributed by atoms with Crippen molar-refractivity contribution in [3.05, 3.63) is 34.1 Å². The highest BCUT2D eigenvalue weighted by atomic mass is 35.5. The zero-order chi connectivity index (χ0) is 20.1. The number of benzene rings is 1. The quantitative estimate of drug-likeness (QED) is 0.203. The minimum Gasteiger partial charge on any atom is -0.492 e. The summed E-state index contributed by atoms with van der Waals surface area (Å²) in [4.78, 5) is 5.17. The fraction of sp³-hybridized carbons (Fsp3) is 0.550. The Hall–Kier alpha value is -1.46. The maximum absolute atomic E-state index is 12.5. The smallest absolute Gasteiger partial charge is 0.188 e. The van der Waals surface area contributed by atoms with Crippen LogP contribution in [0.1, 0.15) is 52.0 Å². The molecule has 7 heteroatoms. The Morgan fingerprint density at radius 2 is 1.89 bits per heavy atom. The number of hydrogen-bond donors (Lipinski definition) is 0. The van der Waals surface area contributed by atoms with Crippen molar-refractivity contribution in [2.45, 2.75) is 52.9 Å². The lowest BCUT2D eigenvalue weighted by Gasteiger charge is -2.15. The molecule has 0 amide bonds. The van der Waals surface area contributed by atoms with Crippen LogP contribution in [0.2, 0.25) is 5.02 Å². The van der Waals surface area contributed by atoms with E-state index in [0.717, 1.165) is 49.5 Å². The maximum atomic E-state index is 12.5. The average Bonchev–Trinajstić information content (AvgIpc) is 2.58. The molecule has 0 radical (unpaired) electrons. The molecule has 0 aliphatic rings. The van der Waals surface area contributed by atoms with Crippen LogP contribution in [0.15, 0.2) is 28.7 Å². The van der Waals surface area contributed by atoms with Crippen molar-refractivity contribution < 1.29 is 18.7 Å². The van der Waals surface area contributed by atoms with E-state index in [1.165, 1.54) is 0 Å². The molecular formula is C20H28Cl2FNO3. The summed E-state index contributed by atoms with van der Waals surface area (Å²) >= 11 is 11.5. The van der Waals surface area contributed by atoms with Gasteiger partial charge < -0.3 is 14.3 Å². The van der Waals surface area contributed by atoms with Crippen molar-refractivity contribution in [1.82, 2.24) is 0 Å². The van der Waals surface area contributed by atoms with Crippen LogP contribution in [0, 0.1) is 0 Å². The molecule has 1 rings (SSSR count). The first kappa shape index (κ1) is 23.6. The summed E-state index contributed by atoms with van der Waals surface area (Å²) in [7, 11) is 0. The summed E-state index contributed by atoms with van der Waals surface area (Å²) < 4.78 is 23.9. The molecule has 0 aromatic heterocycles. The molecule has 152 valence electrons.